The predicted molar refractivity (Wildman–Crippen MR) is 305 cm³/mol. The fourth-order valence-electron chi connectivity index (χ4n) is 14.1. The van der Waals surface area contributed by atoms with Crippen LogP contribution in [0.3, 0.4) is 0 Å². The Morgan fingerprint density at radius 3 is 1.51 bits per heavy atom. The standard InChI is InChI=1S/C67H76BFN2O/c1-39-31-55-58-56(32-39)71(53-36-48-45(62(5,6)25-28-65(48,11)12)33-43(53)42-19-17-18-20-52(42)69)54-37-49-47(64(9,10)27-29-66(49,13)14)35-51(54)68(58)60-59(70(55)41-23-21-40(22-24-41)61(2,3)4)44-34-46-50(38-57(44)72-60)67(15,16)30-26-63(46,7)8/h17-24,31-38H,25-30H2,1-16H3. The molecule has 2 aliphatic heterocycles. The molecule has 72 heavy (non-hydrogen) atoms. The number of fused-ring (bicyclic) bond motifs is 9. The summed E-state index contributed by atoms with van der Waals surface area (Å²) in [5, 5.41) is 1.17. The van der Waals surface area contributed by atoms with E-state index in [9.17, 15) is 0 Å². The van der Waals surface area contributed by atoms with Gasteiger partial charge in [0.15, 0.2) is 0 Å². The van der Waals surface area contributed by atoms with Crippen LogP contribution in [0.15, 0.2) is 101 Å². The van der Waals surface area contributed by atoms with Crippen LogP contribution in [0.25, 0.3) is 22.1 Å². The van der Waals surface area contributed by atoms with Gasteiger partial charge in [0.1, 0.15) is 11.4 Å². The third kappa shape index (κ3) is 6.86. The molecule has 12 rings (SSSR count). The van der Waals surface area contributed by atoms with E-state index in [0.717, 1.165) is 83.8 Å². The summed E-state index contributed by atoms with van der Waals surface area (Å²) in [4.78, 5) is 5.13. The molecule has 0 saturated carbocycles. The molecule has 370 valence electrons. The monoisotopic (exact) mass is 955 g/mol. The first-order valence-electron chi connectivity index (χ1n) is 27.2. The topological polar surface area (TPSA) is 19.6 Å². The average Bonchev–Trinajstić information content (AvgIpc) is 3.68. The van der Waals surface area contributed by atoms with Crippen molar-refractivity contribution in [2.24, 2.45) is 0 Å². The molecule has 0 saturated heterocycles. The zero-order valence-electron chi connectivity index (χ0n) is 46.2. The number of aryl methyl sites for hydroxylation is 1. The Labute approximate surface area is 430 Å². The van der Waals surface area contributed by atoms with Crippen LogP contribution in [0, 0.1) is 12.7 Å². The van der Waals surface area contributed by atoms with Gasteiger partial charge in [-0.2, -0.15) is 0 Å². The van der Waals surface area contributed by atoms with Crippen molar-refractivity contribution >= 4 is 68.4 Å². The number of furan rings is 1. The molecule has 3 aliphatic carbocycles. The fraction of sp³-hybridized carbons (Fsp3) is 0.433. The van der Waals surface area contributed by atoms with E-state index in [1.807, 2.05) is 18.2 Å². The maximum absolute atomic E-state index is 16.8. The number of nitrogens with zero attached hydrogens (tertiary/aromatic N) is 2. The molecule has 6 aromatic carbocycles. The lowest BCUT2D eigenvalue weighted by atomic mass is 9.35. The Balaban J connectivity index is 1.25. The van der Waals surface area contributed by atoms with Crippen LogP contribution in [-0.4, -0.2) is 6.71 Å². The number of rotatable bonds is 3. The van der Waals surface area contributed by atoms with Gasteiger partial charge < -0.3 is 14.2 Å². The number of halogens is 1. The van der Waals surface area contributed by atoms with Crippen LogP contribution in [0.2, 0.25) is 0 Å². The van der Waals surface area contributed by atoms with E-state index in [1.54, 1.807) is 6.07 Å². The van der Waals surface area contributed by atoms with Crippen molar-refractivity contribution in [1.29, 1.82) is 0 Å². The van der Waals surface area contributed by atoms with E-state index in [4.69, 9.17) is 4.42 Å². The van der Waals surface area contributed by atoms with Gasteiger partial charge in [-0.1, -0.05) is 140 Å². The maximum atomic E-state index is 16.8. The van der Waals surface area contributed by atoms with Crippen molar-refractivity contribution in [1.82, 2.24) is 0 Å². The van der Waals surface area contributed by atoms with Gasteiger partial charge in [0.25, 0.3) is 6.71 Å². The molecule has 0 spiro atoms. The van der Waals surface area contributed by atoms with Crippen molar-refractivity contribution in [3.8, 4) is 11.1 Å². The van der Waals surface area contributed by atoms with Gasteiger partial charge in [-0.15, -0.1) is 0 Å². The summed E-state index contributed by atoms with van der Waals surface area (Å²) in [5.41, 5.74) is 23.4. The van der Waals surface area contributed by atoms with Crippen LogP contribution < -0.4 is 26.4 Å². The number of hydrogen-bond donors (Lipinski definition) is 0. The molecular weight excluding hydrogens is 879 g/mol. The minimum absolute atomic E-state index is 0.000741. The third-order valence-corrected chi connectivity index (χ3v) is 19.1. The van der Waals surface area contributed by atoms with Gasteiger partial charge in [-0.3, -0.25) is 0 Å². The summed E-state index contributed by atoms with van der Waals surface area (Å²) >= 11 is 0. The summed E-state index contributed by atoms with van der Waals surface area (Å²) in [7, 11) is 0. The molecule has 0 radical (unpaired) electrons. The van der Waals surface area contributed by atoms with E-state index in [2.05, 4.69) is 193 Å². The molecule has 5 heteroatoms. The highest BCUT2D eigenvalue weighted by atomic mass is 19.1. The second-order valence-electron chi connectivity index (χ2n) is 28.0. The van der Waals surface area contributed by atoms with Crippen LogP contribution in [0.5, 0.6) is 0 Å². The van der Waals surface area contributed by atoms with Crippen molar-refractivity contribution < 1.29 is 8.81 Å². The van der Waals surface area contributed by atoms with Crippen molar-refractivity contribution in [2.75, 3.05) is 9.80 Å². The Bertz CT molecular complexity index is 3440. The Hall–Kier alpha value is -5.55. The quantitative estimate of drug-likeness (QED) is 0.165. The fourth-order valence-corrected chi connectivity index (χ4v) is 14.1. The van der Waals surface area contributed by atoms with E-state index in [-0.39, 0.29) is 50.4 Å². The number of anilines is 6. The van der Waals surface area contributed by atoms with E-state index < -0.39 is 0 Å². The van der Waals surface area contributed by atoms with E-state index >= 15 is 4.39 Å². The smallest absolute Gasteiger partial charge is 0.297 e. The average molecular weight is 955 g/mol. The van der Waals surface area contributed by atoms with Crippen molar-refractivity contribution in [3.05, 3.63) is 147 Å². The molecule has 5 aliphatic rings. The van der Waals surface area contributed by atoms with Crippen LogP contribution in [0.1, 0.15) is 187 Å². The van der Waals surface area contributed by atoms with Gasteiger partial charge in [-0.05, 0) is 199 Å². The zero-order valence-corrected chi connectivity index (χ0v) is 46.2. The Morgan fingerprint density at radius 1 is 0.500 bits per heavy atom. The van der Waals surface area contributed by atoms with Crippen LogP contribution in [0.4, 0.5) is 38.5 Å². The molecule has 1 aromatic heterocycles. The Kier molecular flexibility index (Phi) is 9.91. The van der Waals surface area contributed by atoms with Crippen molar-refractivity contribution in [2.45, 2.75) is 187 Å². The first-order valence-corrected chi connectivity index (χ1v) is 27.2. The highest BCUT2D eigenvalue weighted by molar-refractivity contribution is 7.00. The van der Waals surface area contributed by atoms with Gasteiger partial charge in [0.2, 0.25) is 0 Å². The molecule has 0 N–H and O–H groups in total. The van der Waals surface area contributed by atoms with Gasteiger partial charge in [0, 0.05) is 39.3 Å². The third-order valence-electron chi connectivity index (χ3n) is 19.1. The second kappa shape index (κ2) is 15.0. The lowest BCUT2D eigenvalue weighted by Crippen LogP contribution is -2.61. The van der Waals surface area contributed by atoms with Gasteiger partial charge in [-0.25, -0.2) is 4.39 Å². The van der Waals surface area contributed by atoms with Gasteiger partial charge >= 0.3 is 0 Å². The largest absolute Gasteiger partial charge is 0.468 e. The first-order chi connectivity index (χ1) is 33.6. The number of benzene rings is 6. The molecule has 0 fully saturated rings. The normalized spacial score (nSPS) is 20.3. The highest BCUT2D eigenvalue weighted by Crippen LogP contribution is 2.56. The summed E-state index contributed by atoms with van der Waals surface area (Å²) in [5.74, 6) is -0.202. The SMILES string of the molecule is Cc1cc2c3c(c1)N(c1ccc(C(C)(C)C)cc1)c1c(oc4cc5c(cc14)C(C)(C)CCC5(C)C)B3c1cc3c(cc1N2c1cc2c(cc1-c1ccccc1F)C(C)(C)CCC2(C)C)C(C)(C)CCC3(C)C. The van der Waals surface area contributed by atoms with Crippen LogP contribution >= 0.6 is 0 Å². The zero-order chi connectivity index (χ0) is 51.2. The molecular formula is C67H76BFN2O. The second-order valence-corrected chi connectivity index (χ2v) is 28.0. The Morgan fingerprint density at radius 2 is 0.972 bits per heavy atom. The summed E-state index contributed by atoms with van der Waals surface area (Å²) in [6.07, 6.45) is 6.64. The van der Waals surface area contributed by atoms with Gasteiger partial charge in [0.05, 0.1) is 17.0 Å². The molecule has 3 heterocycles. The molecule has 3 nitrogen and oxygen atoms in total. The molecule has 0 amide bonds. The maximum Gasteiger partial charge on any atom is 0.297 e. The lowest BCUT2D eigenvalue weighted by molar-refractivity contribution is 0.332. The molecule has 7 aromatic rings. The summed E-state index contributed by atoms with van der Waals surface area (Å²) in [6.45, 7) is 38.0. The predicted octanol–water partition coefficient (Wildman–Crippen LogP) is 17.0. The minimum Gasteiger partial charge on any atom is -0.468 e. The number of hydrogen-bond acceptors (Lipinski definition) is 3. The van der Waals surface area contributed by atoms with Crippen LogP contribution in [-0.2, 0) is 37.9 Å². The lowest BCUT2D eigenvalue weighted by Gasteiger charge is -2.47. The summed E-state index contributed by atoms with van der Waals surface area (Å²) in [6, 6.07) is 36.6. The van der Waals surface area contributed by atoms with E-state index in [0.29, 0.717) is 5.56 Å². The first kappa shape index (κ1) is 47.5. The minimum atomic E-state index is -0.205. The summed E-state index contributed by atoms with van der Waals surface area (Å²) < 4.78 is 24.5. The highest BCUT2D eigenvalue weighted by Gasteiger charge is 2.51. The van der Waals surface area contributed by atoms with E-state index in [1.165, 1.54) is 66.5 Å². The molecule has 0 bridgehead atoms. The van der Waals surface area contributed by atoms with Crippen molar-refractivity contribution in [3.63, 3.8) is 0 Å². The molecule has 0 unspecified atom stereocenters. The molecule has 0 atom stereocenters.